The Labute approximate surface area is 123 Å². The third kappa shape index (κ3) is 2.31. The van der Waals surface area contributed by atoms with E-state index in [4.69, 9.17) is 0 Å². The van der Waals surface area contributed by atoms with Crippen LogP contribution in [0.1, 0.15) is 60.1 Å². The molecule has 0 aliphatic heterocycles. The molecule has 0 unspecified atom stereocenters. The highest BCUT2D eigenvalue weighted by Gasteiger charge is 2.38. The Hall–Kier alpha value is -1.48. The highest BCUT2D eigenvalue weighted by atomic mass is 32.1. The minimum absolute atomic E-state index is 0.0257. The number of rotatable bonds is 3. The monoisotopic (exact) mass is 285 g/mol. The Morgan fingerprint density at radius 3 is 2.45 bits per heavy atom. The van der Waals surface area contributed by atoms with Crippen molar-refractivity contribution in [2.75, 3.05) is 0 Å². The molecule has 1 aliphatic carbocycles. The summed E-state index contributed by atoms with van der Waals surface area (Å²) in [5.74, 6) is 0.0616. The fraction of sp³-hybridized carbons (Fsp3) is 0.412. The third-order valence-corrected chi connectivity index (χ3v) is 5.35. The molecule has 1 aromatic heterocycles. The molecule has 1 aromatic carbocycles. The Morgan fingerprint density at radius 2 is 1.85 bits per heavy atom. The smallest absolute Gasteiger partial charge is 0.178 e. The molecule has 2 aromatic rings. The number of aromatic nitrogens is 1. The summed E-state index contributed by atoms with van der Waals surface area (Å²) in [6.45, 7) is 1.59. The maximum atomic E-state index is 11.5. The van der Waals surface area contributed by atoms with E-state index in [1.807, 2.05) is 5.38 Å². The average molecular weight is 285 g/mol. The van der Waals surface area contributed by atoms with E-state index in [0.717, 1.165) is 17.8 Å². The minimum atomic E-state index is 0.0257. The number of Topliss-reactive ketones (excluding diaryl/α,β-unsaturated/α-hetero) is 1. The summed E-state index contributed by atoms with van der Waals surface area (Å²) in [7, 11) is 0. The predicted molar refractivity (Wildman–Crippen MR) is 82.4 cm³/mol. The van der Waals surface area contributed by atoms with Gasteiger partial charge in [-0.05, 0) is 18.4 Å². The SMILES string of the molecule is CC(=O)c1csc(C2(c3ccccc3)CCCCC2)n1. The van der Waals surface area contributed by atoms with Gasteiger partial charge in [-0.2, -0.15) is 0 Å². The molecule has 1 fully saturated rings. The fourth-order valence-electron chi connectivity index (χ4n) is 3.19. The van der Waals surface area contributed by atoms with Crippen molar-refractivity contribution in [1.82, 2.24) is 4.98 Å². The van der Waals surface area contributed by atoms with Gasteiger partial charge >= 0.3 is 0 Å². The Balaban J connectivity index is 2.07. The summed E-state index contributed by atoms with van der Waals surface area (Å²) in [6.07, 6.45) is 6.07. The van der Waals surface area contributed by atoms with Crippen LogP contribution in [0.25, 0.3) is 0 Å². The normalized spacial score (nSPS) is 17.9. The molecule has 0 radical (unpaired) electrons. The van der Waals surface area contributed by atoms with Crippen molar-refractivity contribution in [2.45, 2.75) is 44.4 Å². The van der Waals surface area contributed by atoms with Crippen molar-refractivity contribution in [3.63, 3.8) is 0 Å². The average Bonchev–Trinajstić information content (AvgIpc) is 2.99. The van der Waals surface area contributed by atoms with Crippen LogP contribution in [0.4, 0.5) is 0 Å². The molecule has 0 spiro atoms. The predicted octanol–water partition coefficient (Wildman–Crippen LogP) is 4.60. The van der Waals surface area contributed by atoms with Crippen molar-refractivity contribution in [3.8, 4) is 0 Å². The zero-order valence-electron chi connectivity index (χ0n) is 11.8. The molecular formula is C17H19NOS. The second-order valence-electron chi connectivity index (χ2n) is 5.60. The Kier molecular flexibility index (Phi) is 3.70. The minimum Gasteiger partial charge on any atom is -0.293 e. The molecule has 0 N–H and O–H groups in total. The van der Waals surface area contributed by atoms with Gasteiger partial charge in [0.15, 0.2) is 5.78 Å². The Bertz CT molecular complexity index is 596. The van der Waals surface area contributed by atoms with Crippen molar-refractivity contribution in [1.29, 1.82) is 0 Å². The summed E-state index contributed by atoms with van der Waals surface area (Å²) in [6, 6.07) is 10.7. The first-order valence-corrected chi connectivity index (χ1v) is 8.13. The molecule has 20 heavy (non-hydrogen) atoms. The Morgan fingerprint density at radius 1 is 1.15 bits per heavy atom. The molecule has 3 heteroatoms. The van der Waals surface area contributed by atoms with Crippen molar-refractivity contribution < 1.29 is 4.79 Å². The first kappa shape index (κ1) is 13.5. The van der Waals surface area contributed by atoms with Crippen LogP contribution < -0.4 is 0 Å². The lowest BCUT2D eigenvalue weighted by molar-refractivity contribution is 0.101. The zero-order valence-corrected chi connectivity index (χ0v) is 12.6. The molecule has 0 amide bonds. The van der Waals surface area contributed by atoms with Crippen LogP contribution in [-0.4, -0.2) is 10.8 Å². The molecule has 3 rings (SSSR count). The number of benzene rings is 1. The highest BCUT2D eigenvalue weighted by molar-refractivity contribution is 7.10. The molecule has 0 atom stereocenters. The van der Waals surface area contributed by atoms with Crippen LogP contribution in [0, 0.1) is 0 Å². The standard InChI is InChI=1S/C17H19NOS/c1-13(19)15-12-20-16(18-15)17(10-6-3-7-11-17)14-8-4-2-5-9-14/h2,4-5,8-9,12H,3,6-7,10-11H2,1H3. The molecule has 2 nitrogen and oxygen atoms in total. The van der Waals surface area contributed by atoms with Gasteiger partial charge < -0.3 is 0 Å². The largest absolute Gasteiger partial charge is 0.293 e. The summed E-state index contributed by atoms with van der Waals surface area (Å²) in [5, 5.41) is 3.03. The van der Waals surface area contributed by atoms with Crippen LogP contribution in [0.3, 0.4) is 0 Å². The van der Waals surface area contributed by atoms with Crippen LogP contribution in [0.5, 0.6) is 0 Å². The van der Waals surface area contributed by atoms with E-state index in [-0.39, 0.29) is 11.2 Å². The van der Waals surface area contributed by atoms with Gasteiger partial charge in [-0.15, -0.1) is 11.3 Å². The van der Waals surface area contributed by atoms with Gasteiger partial charge in [0, 0.05) is 17.7 Å². The van der Waals surface area contributed by atoms with E-state index in [1.165, 1.54) is 24.8 Å². The maximum absolute atomic E-state index is 11.5. The van der Waals surface area contributed by atoms with Crippen molar-refractivity contribution >= 4 is 17.1 Å². The number of carbonyl (C=O) groups is 1. The van der Waals surface area contributed by atoms with Crippen LogP contribution in [-0.2, 0) is 5.41 Å². The lowest BCUT2D eigenvalue weighted by Crippen LogP contribution is -2.30. The summed E-state index contributed by atoms with van der Waals surface area (Å²) in [4.78, 5) is 16.2. The van der Waals surface area contributed by atoms with E-state index < -0.39 is 0 Å². The molecule has 0 bridgehead atoms. The van der Waals surface area contributed by atoms with Gasteiger partial charge in [0.1, 0.15) is 10.7 Å². The lowest BCUT2D eigenvalue weighted by Gasteiger charge is -2.36. The third-order valence-electron chi connectivity index (χ3n) is 4.31. The number of nitrogens with zero attached hydrogens (tertiary/aromatic N) is 1. The van der Waals surface area contributed by atoms with E-state index >= 15 is 0 Å². The van der Waals surface area contributed by atoms with E-state index in [9.17, 15) is 4.79 Å². The first-order chi connectivity index (χ1) is 9.72. The van der Waals surface area contributed by atoms with Crippen molar-refractivity contribution in [3.05, 3.63) is 52.0 Å². The topological polar surface area (TPSA) is 30.0 Å². The number of hydrogen-bond acceptors (Lipinski definition) is 3. The van der Waals surface area contributed by atoms with E-state index in [0.29, 0.717) is 5.69 Å². The molecule has 0 saturated heterocycles. The molecule has 1 aliphatic rings. The van der Waals surface area contributed by atoms with Crippen LogP contribution >= 0.6 is 11.3 Å². The van der Waals surface area contributed by atoms with Crippen LogP contribution in [0.15, 0.2) is 35.7 Å². The quantitative estimate of drug-likeness (QED) is 0.772. The van der Waals surface area contributed by atoms with E-state index in [2.05, 4.69) is 35.3 Å². The maximum Gasteiger partial charge on any atom is 0.178 e. The van der Waals surface area contributed by atoms with Crippen molar-refractivity contribution in [2.24, 2.45) is 0 Å². The molecule has 104 valence electrons. The highest BCUT2D eigenvalue weighted by Crippen LogP contribution is 2.45. The van der Waals surface area contributed by atoms with Gasteiger partial charge in [0.25, 0.3) is 0 Å². The van der Waals surface area contributed by atoms with E-state index in [1.54, 1.807) is 18.3 Å². The van der Waals surface area contributed by atoms with Gasteiger partial charge in [-0.3, -0.25) is 4.79 Å². The molecule has 1 saturated carbocycles. The van der Waals surface area contributed by atoms with Gasteiger partial charge in [-0.1, -0.05) is 49.6 Å². The van der Waals surface area contributed by atoms with Gasteiger partial charge in [0.2, 0.25) is 0 Å². The zero-order chi connectivity index (χ0) is 14.0. The van der Waals surface area contributed by atoms with Gasteiger partial charge in [-0.25, -0.2) is 4.98 Å². The number of hydrogen-bond donors (Lipinski definition) is 0. The van der Waals surface area contributed by atoms with Gasteiger partial charge in [0.05, 0.1) is 0 Å². The fourth-order valence-corrected chi connectivity index (χ4v) is 4.33. The summed E-state index contributed by atoms with van der Waals surface area (Å²) < 4.78 is 0. The summed E-state index contributed by atoms with van der Waals surface area (Å²) >= 11 is 1.65. The lowest BCUT2D eigenvalue weighted by atomic mass is 9.70. The first-order valence-electron chi connectivity index (χ1n) is 7.25. The van der Waals surface area contributed by atoms with Crippen LogP contribution in [0.2, 0.25) is 0 Å². The second-order valence-corrected chi connectivity index (χ2v) is 6.46. The molecular weight excluding hydrogens is 266 g/mol. The number of ketones is 1. The molecule has 1 heterocycles. The second kappa shape index (κ2) is 5.49. The number of carbonyl (C=O) groups excluding carboxylic acids is 1. The number of thiazole rings is 1. The summed E-state index contributed by atoms with van der Waals surface area (Å²) in [5.41, 5.74) is 1.99.